The van der Waals surface area contributed by atoms with Gasteiger partial charge in [0.15, 0.2) is 6.17 Å². The van der Waals surface area contributed by atoms with E-state index in [1.165, 1.54) is 17.9 Å². The second-order valence-corrected chi connectivity index (χ2v) is 5.70. The van der Waals surface area contributed by atoms with Gasteiger partial charge in [0.2, 0.25) is 0 Å². The maximum absolute atomic E-state index is 12.1. The first-order chi connectivity index (χ1) is 10.8. The summed E-state index contributed by atoms with van der Waals surface area (Å²) in [7, 11) is 0. The van der Waals surface area contributed by atoms with Gasteiger partial charge in [-0.1, -0.05) is 18.2 Å². The van der Waals surface area contributed by atoms with Crippen LogP contribution in [0, 0.1) is 0 Å². The Balaban J connectivity index is 1.43. The Bertz CT molecular complexity index is 612. The Labute approximate surface area is 128 Å². The maximum Gasteiger partial charge on any atom is 0.342 e. The molecule has 3 aliphatic rings. The van der Waals surface area contributed by atoms with Crippen molar-refractivity contribution in [1.82, 2.24) is 15.3 Å². The molecule has 0 bridgehead atoms. The zero-order valence-electron chi connectivity index (χ0n) is 12.3. The standard InChI is InChI=1S/C15H19N5O2/c21-15-16-12-6-2-1-5-11(12)13-17-14(18-20(13)15)22-10-9-19-7-3-4-8-19/h1-2,5-6,13H,3-4,7-10H2,(H,16,21)(H,17,18). The quantitative estimate of drug-likeness (QED) is 0.888. The van der Waals surface area contributed by atoms with Crippen LogP contribution in [0.1, 0.15) is 24.6 Å². The van der Waals surface area contributed by atoms with Gasteiger partial charge >= 0.3 is 12.1 Å². The first-order valence-electron chi connectivity index (χ1n) is 7.70. The van der Waals surface area contributed by atoms with E-state index in [0.29, 0.717) is 12.6 Å². The lowest BCUT2D eigenvalue weighted by atomic mass is 10.1. The molecule has 2 N–H and O–H groups in total. The molecule has 7 heteroatoms. The molecule has 1 aromatic carbocycles. The number of urea groups is 1. The molecular weight excluding hydrogens is 282 g/mol. The predicted octanol–water partition coefficient (Wildman–Crippen LogP) is 1.52. The number of amidine groups is 1. The summed E-state index contributed by atoms with van der Waals surface area (Å²) >= 11 is 0. The van der Waals surface area contributed by atoms with Gasteiger partial charge in [0.25, 0.3) is 0 Å². The number of hydrogen-bond donors (Lipinski definition) is 2. The van der Waals surface area contributed by atoms with E-state index in [1.807, 2.05) is 24.3 Å². The van der Waals surface area contributed by atoms with E-state index < -0.39 is 0 Å². The van der Waals surface area contributed by atoms with Crippen LogP contribution in [-0.2, 0) is 4.74 Å². The van der Waals surface area contributed by atoms with E-state index in [2.05, 4.69) is 20.6 Å². The molecule has 0 radical (unpaired) electrons. The van der Waals surface area contributed by atoms with Crippen LogP contribution in [0.25, 0.3) is 0 Å². The fourth-order valence-corrected chi connectivity index (χ4v) is 3.09. The van der Waals surface area contributed by atoms with Crippen molar-refractivity contribution in [2.75, 3.05) is 31.6 Å². The minimum atomic E-state index is -0.355. The SMILES string of the molecule is O=C1Nc2ccccc2C2N=C(OCCN3CCCC3)NN12. The molecule has 0 aliphatic carbocycles. The number of nitrogens with one attached hydrogen (secondary N) is 2. The summed E-state index contributed by atoms with van der Waals surface area (Å²) in [5, 5.41) is 4.31. The molecule has 0 spiro atoms. The number of carbonyl (C=O) groups excluding carboxylic acids is 1. The van der Waals surface area contributed by atoms with Crippen LogP contribution in [0.15, 0.2) is 29.3 Å². The van der Waals surface area contributed by atoms with Crippen LogP contribution < -0.4 is 10.7 Å². The van der Waals surface area contributed by atoms with Crippen molar-refractivity contribution in [3.05, 3.63) is 29.8 Å². The number of fused-ring (bicyclic) bond motifs is 3. The lowest BCUT2D eigenvalue weighted by Gasteiger charge is -2.29. The number of ether oxygens (including phenoxy) is 1. The number of hydrazine groups is 1. The normalized spacial score (nSPS) is 23.5. The topological polar surface area (TPSA) is 69.2 Å². The lowest BCUT2D eigenvalue weighted by molar-refractivity contribution is 0.172. The van der Waals surface area contributed by atoms with Crippen LogP contribution in [0.5, 0.6) is 0 Å². The van der Waals surface area contributed by atoms with Crippen molar-refractivity contribution in [2.45, 2.75) is 19.0 Å². The van der Waals surface area contributed by atoms with Crippen molar-refractivity contribution in [1.29, 1.82) is 0 Å². The van der Waals surface area contributed by atoms with Gasteiger partial charge in [-0.15, -0.1) is 0 Å². The third-order valence-corrected chi connectivity index (χ3v) is 4.24. The van der Waals surface area contributed by atoms with Gasteiger partial charge in [0.05, 0.1) is 0 Å². The second-order valence-electron chi connectivity index (χ2n) is 5.70. The zero-order chi connectivity index (χ0) is 14.9. The van der Waals surface area contributed by atoms with Gasteiger partial charge < -0.3 is 10.1 Å². The number of amides is 2. The van der Waals surface area contributed by atoms with Crippen molar-refractivity contribution in [3.8, 4) is 0 Å². The third kappa shape index (κ3) is 2.37. The van der Waals surface area contributed by atoms with Gasteiger partial charge in [-0.25, -0.2) is 20.2 Å². The summed E-state index contributed by atoms with van der Waals surface area (Å²) in [6.45, 7) is 3.77. The largest absolute Gasteiger partial charge is 0.463 e. The summed E-state index contributed by atoms with van der Waals surface area (Å²) in [5.74, 6) is 0. The third-order valence-electron chi connectivity index (χ3n) is 4.24. The number of carbonyl (C=O) groups is 1. The molecule has 7 nitrogen and oxygen atoms in total. The smallest absolute Gasteiger partial charge is 0.342 e. The van der Waals surface area contributed by atoms with Crippen molar-refractivity contribution < 1.29 is 9.53 Å². The van der Waals surface area contributed by atoms with Crippen LogP contribution in [0.3, 0.4) is 0 Å². The summed E-state index contributed by atoms with van der Waals surface area (Å²) in [5.41, 5.74) is 4.71. The molecule has 0 saturated carbocycles. The fraction of sp³-hybridized carbons (Fsp3) is 0.467. The minimum absolute atomic E-state index is 0.217. The van der Waals surface area contributed by atoms with E-state index in [9.17, 15) is 4.79 Å². The van der Waals surface area contributed by atoms with Crippen LogP contribution >= 0.6 is 0 Å². The highest BCUT2D eigenvalue weighted by molar-refractivity contribution is 5.95. The Hall–Kier alpha value is -2.28. The van der Waals surface area contributed by atoms with Crippen LogP contribution in [0.4, 0.5) is 10.5 Å². The molecule has 0 aromatic heterocycles. The summed E-state index contributed by atoms with van der Waals surface area (Å²) in [6, 6.07) is 7.88. The number of para-hydroxylation sites is 1. The lowest BCUT2D eigenvalue weighted by Crippen LogP contribution is -2.47. The van der Waals surface area contributed by atoms with E-state index in [-0.39, 0.29) is 12.2 Å². The fourth-order valence-electron chi connectivity index (χ4n) is 3.09. The molecule has 116 valence electrons. The molecule has 1 atom stereocenters. The summed E-state index contributed by atoms with van der Waals surface area (Å²) in [4.78, 5) is 19.0. The maximum atomic E-state index is 12.1. The predicted molar refractivity (Wildman–Crippen MR) is 82.2 cm³/mol. The minimum Gasteiger partial charge on any atom is -0.463 e. The van der Waals surface area contributed by atoms with Gasteiger partial charge in [-0.05, 0) is 32.0 Å². The van der Waals surface area contributed by atoms with Crippen LogP contribution in [0.2, 0.25) is 0 Å². The van der Waals surface area contributed by atoms with Crippen molar-refractivity contribution >= 4 is 17.7 Å². The Morgan fingerprint density at radius 2 is 2.09 bits per heavy atom. The average molecular weight is 301 g/mol. The molecule has 2 amide bonds. The van der Waals surface area contributed by atoms with E-state index >= 15 is 0 Å². The van der Waals surface area contributed by atoms with Gasteiger partial charge in [-0.3, -0.25) is 4.90 Å². The van der Waals surface area contributed by atoms with Crippen LogP contribution in [-0.4, -0.2) is 48.2 Å². The first-order valence-corrected chi connectivity index (χ1v) is 7.70. The molecule has 3 heterocycles. The number of hydrogen-bond acceptors (Lipinski definition) is 5. The Morgan fingerprint density at radius 1 is 1.27 bits per heavy atom. The summed E-state index contributed by atoms with van der Waals surface area (Å²) in [6.07, 6.45) is 2.18. The number of rotatable bonds is 3. The molecule has 22 heavy (non-hydrogen) atoms. The highest BCUT2D eigenvalue weighted by Crippen LogP contribution is 2.34. The average Bonchev–Trinajstić information content (AvgIpc) is 3.17. The first kappa shape index (κ1) is 13.4. The second kappa shape index (κ2) is 5.49. The number of benzene rings is 1. The van der Waals surface area contributed by atoms with Gasteiger partial charge in [0.1, 0.15) is 6.61 Å². The molecule has 1 aromatic rings. The highest BCUT2D eigenvalue weighted by Gasteiger charge is 2.38. The van der Waals surface area contributed by atoms with E-state index in [0.717, 1.165) is 30.9 Å². The molecule has 1 unspecified atom stereocenters. The number of aliphatic imine (C=N–C) groups is 1. The monoisotopic (exact) mass is 301 g/mol. The zero-order valence-corrected chi connectivity index (χ0v) is 12.3. The number of anilines is 1. The Kier molecular flexibility index (Phi) is 3.34. The van der Waals surface area contributed by atoms with E-state index in [1.54, 1.807) is 0 Å². The molecule has 4 rings (SSSR count). The highest BCUT2D eigenvalue weighted by atomic mass is 16.5. The van der Waals surface area contributed by atoms with Gasteiger partial charge in [0, 0.05) is 17.8 Å². The number of nitrogens with zero attached hydrogens (tertiary/aromatic N) is 3. The molecule has 3 aliphatic heterocycles. The summed E-state index contributed by atoms with van der Waals surface area (Å²) < 4.78 is 5.70. The molecule has 1 saturated heterocycles. The molecular formula is C15H19N5O2. The van der Waals surface area contributed by atoms with Crippen molar-refractivity contribution in [3.63, 3.8) is 0 Å². The van der Waals surface area contributed by atoms with Gasteiger partial charge in [-0.2, -0.15) is 0 Å². The Morgan fingerprint density at radius 3 is 2.95 bits per heavy atom. The molecule has 1 fully saturated rings. The number of likely N-dealkylation sites (tertiary alicyclic amines) is 1. The van der Waals surface area contributed by atoms with Crippen molar-refractivity contribution in [2.24, 2.45) is 4.99 Å². The van der Waals surface area contributed by atoms with E-state index in [4.69, 9.17) is 4.74 Å².